The molecule has 0 aromatic carbocycles. The average molecular weight is 297 g/mol. The van der Waals surface area contributed by atoms with Crippen molar-refractivity contribution in [2.45, 2.75) is 13.8 Å². The van der Waals surface area contributed by atoms with E-state index in [1.165, 1.54) is 11.9 Å². The van der Waals surface area contributed by atoms with E-state index < -0.39 is 0 Å². The monoisotopic (exact) mass is 297 g/mol. The number of nitrogens with zero attached hydrogens (tertiary/aromatic N) is 5. The molecule has 0 unspecified atom stereocenters. The number of pyridine rings is 1. The van der Waals surface area contributed by atoms with Gasteiger partial charge in [0, 0.05) is 43.3 Å². The number of amides is 1. The summed E-state index contributed by atoms with van der Waals surface area (Å²) in [6.07, 6.45) is 3.07. The summed E-state index contributed by atoms with van der Waals surface area (Å²) in [5.74, 6) is 0.0247. The number of hydrogen-bond acceptors (Lipinski definition) is 5. The minimum absolute atomic E-state index is 0.0247. The first-order valence-electron chi connectivity index (χ1n) is 7.40. The highest BCUT2D eigenvalue weighted by atomic mass is 16.2. The van der Waals surface area contributed by atoms with Gasteiger partial charge in [0.05, 0.1) is 18.0 Å². The fourth-order valence-electron chi connectivity index (χ4n) is 2.76. The van der Waals surface area contributed by atoms with Crippen LogP contribution < -0.4 is 4.90 Å². The smallest absolute Gasteiger partial charge is 0.255 e. The van der Waals surface area contributed by atoms with Crippen molar-refractivity contribution in [2.75, 3.05) is 31.1 Å². The summed E-state index contributed by atoms with van der Waals surface area (Å²) in [4.78, 5) is 21.0. The normalized spacial score (nSPS) is 15.0. The second-order valence-electron chi connectivity index (χ2n) is 5.52. The molecule has 1 amide bonds. The van der Waals surface area contributed by atoms with E-state index in [9.17, 15) is 4.79 Å². The molecule has 1 saturated heterocycles. The molecule has 3 heterocycles. The van der Waals surface area contributed by atoms with Crippen molar-refractivity contribution in [3.05, 3.63) is 47.5 Å². The van der Waals surface area contributed by atoms with Crippen LogP contribution in [-0.2, 0) is 0 Å². The molecule has 1 aliphatic heterocycles. The highest BCUT2D eigenvalue weighted by Crippen LogP contribution is 2.19. The average Bonchev–Trinajstić information content (AvgIpc) is 2.54. The van der Waals surface area contributed by atoms with E-state index in [4.69, 9.17) is 0 Å². The molecule has 0 N–H and O–H groups in total. The second-order valence-corrected chi connectivity index (χ2v) is 5.52. The van der Waals surface area contributed by atoms with E-state index in [0.29, 0.717) is 18.7 Å². The van der Waals surface area contributed by atoms with Crippen molar-refractivity contribution >= 4 is 11.6 Å². The van der Waals surface area contributed by atoms with Crippen LogP contribution >= 0.6 is 0 Å². The lowest BCUT2D eigenvalue weighted by atomic mass is 10.2. The Labute approximate surface area is 129 Å². The van der Waals surface area contributed by atoms with Gasteiger partial charge in [-0.2, -0.15) is 10.2 Å². The summed E-state index contributed by atoms with van der Waals surface area (Å²) in [5.41, 5.74) is 3.83. The van der Waals surface area contributed by atoms with Crippen molar-refractivity contribution in [1.82, 2.24) is 20.1 Å². The SMILES string of the molecule is Cc1cc(N2CCN(C(=O)c3ccnnc3)CC2)cc(C)n1. The molecule has 1 aliphatic rings. The Balaban J connectivity index is 1.66. The zero-order chi connectivity index (χ0) is 15.5. The van der Waals surface area contributed by atoms with Gasteiger partial charge in [0.15, 0.2) is 0 Å². The van der Waals surface area contributed by atoms with Gasteiger partial charge in [-0.15, -0.1) is 0 Å². The lowest BCUT2D eigenvalue weighted by Crippen LogP contribution is -2.48. The van der Waals surface area contributed by atoms with E-state index >= 15 is 0 Å². The first-order valence-corrected chi connectivity index (χ1v) is 7.40. The lowest BCUT2D eigenvalue weighted by Gasteiger charge is -2.36. The molecule has 114 valence electrons. The maximum absolute atomic E-state index is 12.4. The fourth-order valence-corrected chi connectivity index (χ4v) is 2.76. The van der Waals surface area contributed by atoms with Crippen LogP contribution in [0, 0.1) is 13.8 Å². The van der Waals surface area contributed by atoms with Crippen LogP contribution in [0.3, 0.4) is 0 Å². The minimum atomic E-state index is 0.0247. The van der Waals surface area contributed by atoms with E-state index in [1.807, 2.05) is 18.7 Å². The van der Waals surface area contributed by atoms with E-state index in [1.54, 1.807) is 12.3 Å². The number of carbonyl (C=O) groups is 1. The zero-order valence-electron chi connectivity index (χ0n) is 12.9. The van der Waals surface area contributed by atoms with Crippen molar-refractivity contribution in [3.63, 3.8) is 0 Å². The Morgan fingerprint density at radius 3 is 2.32 bits per heavy atom. The van der Waals surface area contributed by atoms with Gasteiger partial charge >= 0.3 is 0 Å². The van der Waals surface area contributed by atoms with Crippen molar-refractivity contribution in [3.8, 4) is 0 Å². The molecular weight excluding hydrogens is 278 g/mol. The molecule has 1 fully saturated rings. The number of aromatic nitrogens is 3. The molecule has 22 heavy (non-hydrogen) atoms. The topological polar surface area (TPSA) is 62.2 Å². The molecule has 0 aliphatic carbocycles. The van der Waals surface area contributed by atoms with Gasteiger partial charge in [-0.05, 0) is 32.0 Å². The summed E-state index contributed by atoms with van der Waals surface area (Å²) in [6.45, 7) is 7.09. The summed E-state index contributed by atoms with van der Waals surface area (Å²) in [5, 5.41) is 7.47. The van der Waals surface area contributed by atoms with Crippen molar-refractivity contribution in [2.24, 2.45) is 0 Å². The van der Waals surface area contributed by atoms with Crippen LogP contribution in [0.1, 0.15) is 21.7 Å². The highest BCUT2D eigenvalue weighted by molar-refractivity contribution is 5.93. The van der Waals surface area contributed by atoms with E-state index in [0.717, 1.165) is 24.5 Å². The Morgan fingerprint density at radius 2 is 1.73 bits per heavy atom. The number of aryl methyl sites for hydroxylation is 2. The van der Waals surface area contributed by atoms with E-state index in [-0.39, 0.29) is 5.91 Å². The molecule has 2 aromatic heterocycles. The third-order valence-corrected chi connectivity index (χ3v) is 3.83. The highest BCUT2D eigenvalue weighted by Gasteiger charge is 2.22. The van der Waals surface area contributed by atoms with Gasteiger partial charge in [0.1, 0.15) is 0 Å². The van der Waals surface area contributed by atoms with Crippen molar-refractivity contribution in [1.29, 1.82) is 0 Å². The van der Waals surface area contributed by atoms with Crippen LogP contribution in [0.2, 0.25) is 0 Å². The molecule has 0 atom stereocenters. The number of piperazine rings is 1. The van der Waals surface area contributed by atoms with Gasteiger partial charge in [-0.1, -0.05) is 0 Å². The molecule has 0 spiro atoms. The Hall–Kier alpha value is -2.50. The zero-order valence-corrected chi connectivity index (χ0v) is 12.9. The summed E-state index contributed by atoms with van der Waals surface area (Å²) >= 11 is 0. The van der Waals surface area contributed by atoms with E-state index in [2.05, 4.69) is 32.2 Å². The maximum Gasteiger partial charge on any atom is 0.255 e. The van der Waals surface area contributed by atoms with Gasteiger partial charge in [0.2, 0.25) is 0 Å². The first-order chi connectivity index (χ1) is 10.6. The molecular formula is C16H19N5O. The van der Waals surface area contributed by atoms with Crippen LogP contribution in [-0.4, -0.2) is 52.2 Å². The molecule has 6 nitrogen and oxygen atoms in total. The maximum atomic E-state index is 12.4. The quantitative estimate of drug-likeness (QED) is 0.839. The van der Waals surface area contributed by atoms with Crippen LogP contribution in [0.15, 0.2) is 30.6 Å². The third-order valence-electron chi connectivity index (χ3n) is 3.83. The molecule has 0 bridgehead atoms. The molecule has 0 saturated carbocycles. The molecule has 6 heteroatoms. The Bertz CT molecular complexity index is 645. The first kappa shape index (κ1) is 14.4. The van der Waals surface area contributed by atoms with Gasteiger partial charge in [-0.3, -0.25) is 9.78 Å². The van der Waals surface area contributed by atoms with Crippen LogP contribution in [0.25, 0.3) is 0 Å². The minimum Gasteiger partial charge on any atom is -0.368 e. The van der Waals surface area contributed by atoms with Crippen LogP contribution in [0.5, 0.6) is 0 Å². The summed E-state index contributed by atoms with van der Waals surface area (Å²) < 4.78 is 0. The lowest BCUT2D eigenvalue weighted by molar-refractivity contribution is 0.0746. The summed E-state index contributed by atoms with van der Waals surface area (Å²) in [7, 11) is 0. The van der Waals surface area contributed by atoms with Gasteiger partial charge in [-0.25, -0.2) is 0 Å². The predicted molar refractivity (Wildman–Crippen MR) is 83.9 cm³/mol. The predicted octanol–water partition coefficient (Wildman–Crippen LogP) is 1.45. The molecule has 2 aromatic rings. The Kier molecular flexibility index (Phi) is 4.00. The second kappa shape index (κ2) is 6.09. The molecule has 3 rings (SSSR count). The number of rotatable bonds is 2. The third kappa shape index (κ3) is 3.05. The van der Waals surface area contributed by atoms with Gasteiger partial charge < -0.3 is 9.80 Å². The molecule has 0 radical (unpaired) electrons. The standard InChI is InChI=1S/C16H19N5O/c1-12-9-15(10-13(2)19-12)20-5-7-21(8-6-20)16(22)14-3-4-17-18-11-14/h3-4,9-11H,5-8H2,1-2H3. The number of anilines is 1. The van der Waals surface area contributed by atoms with Crippen LogP contribution in [0.4, 0.5) is 5.69 Å². The largest absolute Gasteiger partial charge is 0.368 e. The number of hydrogen-bond donors (Lipinski definition) is 0. The van der Waals surface area contributed by atoms with Crippen molar-refractivity contribution < 1.29 is 4.79 Å². The van der Waals surface area contributed by atoms with Gasteiger partial charge in [0.25, 0.3) is 5.91 Å². The fraction of sp³-hybridized carbons (Fsp3) is 0.375. The Morgan fingerprint density at radius 1 is 1.05 bits per heavy atom. The summed E-state index contributed by atoms with van der Waals surface area (Å²) in [6, 6.07) is 5.89. The number of carbonyl (C=O) groups excluding carboxylic acids is 1.